The lowest BCUT2D eigenvalue weighted by atomic mass is 9.88. The molecule has 3 aliphatic rings. The zero-order valence-electron chi connectivity index (χ0n) is 27.6. The molecule has 7 rings (SSSR count). The second kappa shape index (κ2) is 13.8. The SMILES string of the molecule is Cc1[nH]c(=O)c(CNC(=O)c2cc(-c3ccc(CN4CCN(C)CC4)cc3)cc3c2OCCN3Cc2ccccc2)c2c1CCCC2. The first-order valence-corrected chi connectivity index (χ1v) is 17.0. The molecule has 0 spiro atoms. The monoisotopic (exact) mass is 631 g/mol. The van der Waals surface area contributed by atoms with E-state index in [2.05, 4.69) is 86.6 Å². The summed E-state index contributed by atoms with van der Waals surface area (Å²) >= 11 is 0. The Morgan fingerprint density at radius 2 is 1.57 bits per heavy atom. The van der Waals surface area contributed by atoms with Gasteiger partial charge in [0.2, 0.25) is 0 Å². The minimum atomic E-state index is -0.235. The van der Waals surface area contributed by atoms with Gasteiger partial charge in [-0.2, -0.15) is 0 Å². The Morgan fingerprint density at radius 1 is 0.851 bits per heavy atom. The predicted molar refractivity (Wildman–Crippen MR) is 187 cm³/mol. The summed E-state index contributed by atoms with van der Waals surface area (Å²) in [5, 5.41) is 3.11. The number of rotatable bonds is 8. The maximum atomic E-state index is 14.1. The Balaban J connectivity index is 1.20. The van der Waals surface area contributed by atoms with E-state index in [1.165, 1.54) is 16.7 Å². The largest absolute Gasteiger partial charge is 0.489 e. The average Bonchev–Trinajstić information content (AvgIpc) is 3.09. The van der Waals surface area contributed by atoms with E-state index < -0.39 is 0 Å². The molecule has 1 amide bonds. The topological polar surface area (TPSA) is 80.9 Å². The van der Waals surface area contributed by atoms with E-state index in [0.29, 0.717) is 23.5 Å². The number of aromatic amines is 1. The second-order valence-electron chi connectivity index (χ2n) is 13.3. The molecule has 4 aromatic rings. The molecule has 8 heteroatoms. The third-order valence-electron chi connectivity index (χ3n) is 10.1. The third kappa shape index (κ3) is 6.85. The smallest absolute Gasteiger partial charge is 0.255 e. The number of benzene rings is 3. The van der Waals surface area contributed by atoms with Crippen molar-refractivity contribution in [2.24, 2.45) is 0 Å². The maximum Gasteiger partial charge on any atom is 0.255 e. The number of likely N-dealkylation sites (N-methyl/N-ethyl adjacent to an activating group) is 1. The van der Waals surface area contributed by atoms with Crippen molar-refractivity contribution in [3.8, 4) is 16.9 Å². The van der Waals surface area contributed by atoms with Gasteiger partial charge in [-0.25, -0.2) is 0 Å². The van der Waals surface area contributed by atoms with Gasteiger partial charge in [-0.15, -0.1) is 0 Å². The van der Waals surface area contributed by atoms with Crippen LogP contribution in [0.4, 0.5) is 5.69 Å². The lowest BCUT2D eigenvalue weighted by Gasteiger charge is -2.33. The maximum absolute atomic E-state index is 14.1. The van der Waals surface area contributed by atoms with Crippen LogP contribution in [0.2, 0.25) is 0 Å². The number of aromatic nitrogens is 1. The zero-order valence-corrected chi connectivity index (χ0v) is 27.6. The number of carbonyl (C=O) groups excluding carboxylic acids is 1. The summed E-state index contributed by atoms with van der Waals surface area (Å²) in [7, 11) is 2.18. The number of carbonyl (C=O) groups is 1. The molecule has 1 fully saturated rings. The van der Waals surface area contributed by atoms with Crippen molar-refractivity contribution in [3.63, 3.8) is 0 Å². The van der Waals surface area contributed by atoms with Crippen LogP contribution in [0.1, 0.15) is 56.7 Å². The summed E-state index contributed by atoms with van der Waals surface area (Å²) in [6.07, 6.45) is 4.02. The van der Waals surface area contributed by atoms with E-state index in [4.69, 9.17) is 4.74 Å². The number of nitrogens with zero attached hydrogens (tertiary/aromatic N) is 3. The highest BCUT2D eigenvalue weighted by Crippen LogP contribution is 2.40. The van der Waals surface area contributed by atoms with Crippen molar-refractivity contribution in [1.29, 1.82) is 0 Å². The Labute approximate surface area is 277 Å². The number of pyridine rings is 1. The molecule has 244 valence electrons. The lowest BCUT2D eigenvalue weighted by molar-refractivity contribution is 0.0946. The quantitative estimate of drug-likeness (QED) is 0.275. The van der Waals surface area contributed by atoms with Crippen LogP contribution < -0.4 is 20.5 Å². The first-order valence-electron chi connectivity index (χ1n) is 17.0. The molecule has 2 aliphatic heterocycles. The van der Waals surface area contributed by atoms with Gasteiger partial charge in [-0.3, -0.25) is 14.5 Å². The Bertz CT molecular complexity index is 1790. The second-order valence-corrected chi connectivity index (χ2v) is 13.3. The first-order chi connectivity index (χ1) is 22.9. The molecule has 0 bridgehead atoms. The molecule has 0 unspecified atom stereocenters. The predicted octanol–water partition coefficient (Wildman–Crippen LogP) is 5.31. The molecule has 1 aromatic heterocycles. The number of hydrogen-bond acceptors (Lipinski definition) is 6. The van der Waals surface area contributed by atoms with Gasteiger partial charge < -0.3 is 24.8 Å². The molecule has 3 heterocycles. The molecule has 1 aliphatic carbocycles. The van der Waals surface area contributed by atoms with Gasteiger partial charge in [0.25, 0.3) is 11.5 Å². The van der Waals surface area contributed by atoms with Crippen molar-refractivity contribution < 1.29 is 9.53 Å². The number of nitrogens with one attached hydrogen (secondary N) is 2. The number of piperazine rings is 1. The van der Waals surface area contributed by atoms with E-state index in [1.54, 1.807) is 0 Å². The van der Waals surface area contributed by atoms with E-state index in [9.17, 15) is 9.59 Å². The van der Waals surface area contributed by atoms with Crippen molar-refractivity contribution in [1.82, 2.24) is 20.1 Å². The van der Waals surface area contributed by atoms with Crippen LogP contribution in [-0.2, 0) is 32.5 Å². The molecular weight excluding hydrogens is 586 g/mol. The highest BCUT2D eigenvalue weighted by atomic mass is 16.5. The fourth-order valence-electron chi connectivity index (χ4n) is 7.31. The van der Waals surface area contributed by atoms with Gasteiger partial charge in [-0.1, -0.05) is 54.6 Å². The highest BCUT2D eigenvalue weighted by molar-refractivity contribution is 6.01. The summed E-state index contributed by atoms with van der Waals surface area (Å²) < 4.78 is 6.25. The van der Waals surface area contributed by atoms with Gasteiger partial charge in [0.05, 0.1) is 17.8 Å². The van der Waals surface area contributed by atoms with Gasteiger partial charge >= 0.3 is 0 Å². The molecule has 1 saturated heterocycles. The van der Waals surface area contributed by atoms with Gasteiger partial charge in [0.15, 0.2) is 5.75 Å². The Hall–Kier alpha value is -4.40. The standard InChI is InChI=1S/C39H45N5O3/c1-27-32-10-6-7-11-33(32)35(39(46)41-27)24-40-38(45)34-22-31(30-14-12-29(13-15-30)25-43-18-16-42(2)17-19-43)23-36-37(34)47-21-20-44(36)26-28-8-4-3-5-9-28/h3-5,8-9,12-15,22-23H,6-7,10-11,16-21,24-26H2,1-2H3,(H,40,45)(H,41,46). The van der Waals surface area contributed by atoms with Crippen molar-refractivity contribution in [3.05, 3.63) is 116 Å². The summed E-state index contributed by atoms with van der Waals surface area (Å²) in [6.45, 7) is 9.39. The normalized spacial score (nSPS) is 16.7. The summed E-state index contributed by atoms with van der Waals surface area (Å²) in [5.74, 6) is 0.362. The van der Waals surface area contributed by atoms with Crippen LogP contribution in [0.25, 0.3) is 11.1 Å². The minimum absolute atomic E-state index is 0.110. The van der Waals surface area contributed by atoms with Gasteiger partial charge in [0.1, 0.15) is 6.61 Å². The van der Waals surface area contributed by atoms with Crippen molar-refractivity contribution in [2.75, 3.05) is 51.3 Å². The van der Waals surface area contributed by atoms with Crippen molar-refractivity contribution >= 4 is 11.6 Å². The molecule has 2 N–H and O–H groups in total. The fraction of sp³-hybridized carbons (Fsp3) is 0.385. The zero-order chi connectivity index (χ0) is 32.3. The summed E-state index contributed by atoms with van der Waals surface area (Å²) in [5.41, 5.74) is 9.76. The van der Waals surface area contributed by atoms with Crippen LogP contribution in [0, 0.1) is 6.92 Å². The van der Waals surface area contributed by atoms with Crippen LogP contribution in [0.15, 0.2) is 71.5 Å². The number of H-pyrrole nitrogens is 1. The number of ether oxygens (including phenoxy) is 1. The van der Waals surface area contributed by atoms with E-state index in [1.807, 2.05) is 19.1 Å². The minimum Gasteiger partial charge on any atom is -0.489 e. The van der Waals surface area contributed by atoms with Gasteiger partial charge in [-0.05, 0) is 85.2 Å². The highest BCUT2D eigenvalue weighted by Gasteiger charge is 2.27. The number of fused-ring (bicyclic) bond motifs is 2. The number of amides is 1. The Morgan fingerprint density at radius 3 is 2.34 bits per heavy atom. The fourth-order valence-corrected chi connectivity index (χ4v) is 7.31. The first kappa shape index (κ1) is 31.2. The molecule has 3 aromatic carbocycles. The van der Waals surface area contributed by atoms with Crippen molar-refractivity contribution in [2.45, 2.75) is 52.2 Å². The molecule has 0 atom stereocenters. The third-order valence-corrected chi connectivity index (χ3v) is 10.1. The van der Waals surface area contributed by atoms with Crippen LogP contribution in [0.3, 0.4) is 0 Å². The van der Waals surface area contributed by atoms with Gasteiger partial charge in [0, 0.05) is 57.1 Å². The van der Waals surface area contributed by atoms with E-state index in [0.717, 1.165) is 99.6 Å². The van der Waals surface area contributed by atoms with Crippen LogP contribution in [-0.4, -0.2) is 67.1 Å². The molecular formula is C39H45N5O3. The number of aryl methyl sites for hydroxylation is 1. The molecule has 0 saturated carbocycles. The summed E-state index contributed by atoms with van der Waals surface area (Å²) in [4.78, 5) is 37.3. The van der Waals surface area contributed by atoms with Crippen LogP contribution >= 0.6 is 0 Å². The number of hydrogen-bond donors (Lipinski definition) is 2. The average molecular weight is 632 g/mol. The van der Waals surface area contributed by atoms with E-state index in [-0.39, 0.29) is 18.0 Å². The van der Waals surface area contributed by atoms with E-state index >= 15 is 0 Å². The molecule has 0 radical (unpaired) electrons. The molecule has 8 nitrogen and oxygen atoms in total. The Kier molecular flexibility index (Phi) is 9.14. The lowest BCUT2D eigenvalue weighted by Crippen LogP contribution is -2.43. The summed E-state index contributed by atoms with van der Waals surface area (Å²) in [6, 6.07) is 23.3. The van der Waals surface area contributed by atoms with Crippen LogP contribution in [0.5, 0.6) is 5.75 Å². The molecule has 47 heavy (non-hydrogen) atoms. The number of anilines is 1.